The van der Waals surface area contributed by atoms with E-state index < -0.39 is 114 Å². The normalized spacial score (nSPS) is 49.3. The van der Waals surface area contributed by atoms with Gasteiger partial charge in [0, 0.05) is 38.3 Å². The number of rotatable bonds is 6. The third-order valence-corrected chi connectivity index (χ3v) is 12.8. The minimum absolute atomic E-state index is 0.0479. The Bertz CT molecular complexity index is 1450. The van der Waals surface area contributed by atoms with Crippen molar-refractivity contribution in [3.8, 4) is 0 Å². The van der Waals surface area contributed by atoms with Crippen LogP contribution in [0.25, 0.3) is 0 Å². The quantitative estimate of drug-likeness (QED) is 0.152. The maximum Gasteiger partial charge on any atom is 0.509 e. The van der Waals surface area contributed by atoms with Crippen molar-refractivity contribution in [1.29, 1.82) is 0 Å². The van der Waals surface area contributed by atoms with Gasteiger partial charge in [0.1, 0.15) is 12.2 Å². The van der Waals surface area contributed by atoms with Gasteiger partial charge in [-0.2, -0.15) is 0 Å². The summed E-state index contributed by atoms with van der Waals surface area (Å²) in [4.78, 5) is 41.4. The number of carbonyl (C=O) groups excluding carboxylic acids is 3. The smallest absolute Gasteiger partial charge is 0.458 e. The molecule has 0 aliphatic carbocycles. The number of ether oxygens (including phenoxy) is 9. The molecule has 5 aliphatic heterocycles. The molecule has 2 unspecified atom stereocenters. The van der Waals surface area contributed by atoms with E-state index in [0.717, 1.165) is 0 Å². The second-order valence-corrected chi connectivity index (χ2v) is 17.0. The number of cyclic esters (lactones) is 1. The number of carbonyl (C=O) groups is 3. The molecule has 0 radical (unpaired) electrons. The van der Waals surface area contributed by atoms with E-state index in [2.05, 4.69) is 5.16 Å². The third kappa shape index (κ3) is 8.17. The van der Waals surface area contributed by atoms with Gasteiger partial charge in [0.2, 0.25) is 0 Å². The lowest BCUT2D eigenvalue weighted by molar-refractivity contribution is -0.313. The van der Waals surface area contributed by atoms with E-state index in [1.165, 1.54) is 12.0 Å². The number of oxime groups is 1. The molecule has 5 fully saturated rings. The zero-order chi connectivity index (χ0) is 40.9. The number of hydrogen-bond acceptors (Lipinski definition) is 16. The van der Waals surface area contributed by atoms with Crippen molar-refractivity contribution >= 4 is 23.9 Å². The first-order chi connectivity index (χ1) is 25.6. The predicted octanol–water partition coefficient (Wildman–Crippen LogP) is 3.76. The minimum Gasteiger partial charge on any atom is -0.458 e. The van der Waals surface area contributed by atoms with Gasteiger partial charge in [0.15, 0.2) is 30.4 Å². The first-order valence-corrected chi connectivity index (χ1v) is 19.4. The number of aliphatic hydroxyl groups is 2. The van der Waals surface area contributed by atoms with Crippen LogP contribution in [0.5, 0.6) is 0 Å². The van der Waals surface area contributed by atoms with Gasteiger partial charge in [-0.25, -0.2) is 9.59 Å². The van der Waals surface area contributed by atoms with Crippen LogP contribution in [-0.4, -0.2) is 143 Å². The molecule has 18 atom stereocenters. The van der Waals surface area contributed by atoms with Crippen LogP contribution in [-0.2, 0) is 47.4 Å². The number of methoxy groups -OCH3 is 1. The van der Waals surface area contributed by atoms with Gasteiger partial charge in [-0.15, -0.1) is 0 Å². The second-order valence-electron chi connectivity index (χ2n) is 17.0. The van der Waals surface area contributed by atoms with Crippen LogP contribution in [0.1, 0.15) is 94.9 Å². The number of hydrogen-bond donors (Lipinski definition) is 3. The zero-order valence-corrected chi connectivity index (χ0v) is 34.1. The fourth-order valence-electron chi connectivity index (χ4n) is 9.55. The van der Waals surface area contributed by atoms with E-state index in [4.69, 9.17) is 42.6 Å². The Balaban J connectivity index is 1.62. The molecule has 55 heavy (non-hydrogen) atoms. The number of fused-ring (bicyclic) bond motifs is 2. The van der Waals surface area contributed by atoms with Gasteiger partial charge < -0.3 is 63.0 Å². The summed E-state index contributed by atoms with van der Waals surface area (Å²) >= 11 is 0. The Morgan fingerprint density at radius 2 is 1.62 bits per heavy atom. The molecule has 17 nitrogen and oxygen atoms in total. The van der Waals surface area contributed by atoms with Crippen LogP contribution in [0.15, 0.2) is 5.16 Å². The number of amides is 1. The lowest BCUT2D eigenvalue weighted by atomic mass is 9.73. The standard InChI is InChI=1S/C38H62N2O15/c1-13-24-38(10)31(54-35(44)55-38)19(4)26(39-46)17(2)15-36(8,45)30(53-33-28-23(14-18(3)48-33)40(11)34(43)52-28)20(5)27(21(6)32(42)50-24)51-25-16-37(9,47-12)29(41)22(7)49-25/h17-25,27-31,33,41,45-46H,13-16H2,1-12H3/b39-26+/t17-,18-,19+,20+,21-,22+,23+,24?,25+,27?,28-,29+,30-,31-,33+,36-,37-,38-/m1/s1. The number of esters is 1. The molecule has 0 spiro atoms. The van der Waals surface area contributed by atoms with Crippen molar-refractivity contribution in [2.75, 3.05) is 14.2 Å². The first-order valence-electron chi connectivity index (χ1n) is 19.4. The van der Waals surface area contributed by atoms with Crippen LogP contribution in [0.3, 0.4) is 0 Å². The number of aliphatic hydroxyl groups excluding tert-OH is 1. The van der Waals surface area contributed by atoms with Gasteiger partial charge in [0.05, 0.1) is 53.3 Å². The van der Waals surface area contributed by atoms with Crippen molar-refractivity contribution in [3.63, 3.8) is 0 Å². The summed E-state index contributed by atoms with van der Waals surface area (Å²) in [6, 6.07) is -0.360. The Morgan fingerprint density at radius 1 is 0.945 bits per heavy atom. The highest BCUT2D eigenvalue weighted by molar-refractivity contribution is 5.89. The van der Waals surface area contributed by atoms with Crippen LogP contribution in [0.2, 0.25) is 0 Å². The van der Waals surface area contributed by atoms with E-state index in [1.807, 2.05) is 6.92 Å². The lowest BCUT2D eigenvalue weighted by Crippen LogP contribution is -2.60. The molecule has 3 N–H and O–H groups in total. The summed E-state index contributed by atoms with van der Waals surface area (Å²) in [5, 5.41) is 37.7. The second kappa shape index (κ2) is 16.2. The minimum atomic E-state index is -1.77. The van der Waals surface area contributed by atoms with Crippen molar-refractivity contribution in [2.45, 2.75) is 179 Å². The number of nitrogens with zero attached hydrogens (tertiary/aromatic N) is 2. The summed E-state index contributed by atoms with van der Waals surface area (Å²) in [5.74, 6) is -3.98. The molecule has 314 valence electrons. The monoisotopic (exact) mass is 786 g/mol. The third-order valence-electron chi connectivity index (χ3n) is 12.8. The topological polar surface area (TPSA) is 211 Å². The van der Waals surface area contributed by atoms with E-state index in [-0.39, 0.29) is 37.1 Å². The highest BCUT2D eigenvalue weighted by Crippen LogP contribution is 2.44. The average molecular weight is 787 g/mol. The van der Waals surface area contributed by atoms with Crippen LogP contribution in [0, 0.1) is 23.7 Å². The molecular formula is C38H62N2O15. The molecule has 5 heterocycles. The summed E-state index contributed by atoms with van der Waals surface area (Å²) < 4.78 is 55.0. The Hall–Kier alpha value is -2.80. The molecule has 5 aliphatic rings. The molecule has 5 rings (SSSR count). The fourth-order valence-corrected chi connectivity index (χ4v) is 9.55. The lowest BCUT2D eigenvalue weighted by Gasteiger charge is -2.48. The molecule has 0 aromatic carbocycles. The van der Waals surface area contributed by atoms with Gasteiger partial charge in [-0.05, 0) is 60.8 Å². The molecule has 0 aromatic rings. The van der Waals surface area contributed by atoms with E-state index in [9.17, 15) is 29.8 Å². The van der Waals surface area contributed by atoms with Gasteiger partial charge >= 0.3 is 18.2 Å². The van der Waals surface area contributed by atoms with Crippen molar-refractivity contribution < 1.29 is 72.4 Å². The summed E-state index contributed by atoms with van der Waals surface area (Å²) in [7, 11) is 3.13. The molecule has 1 amide bonds. The van der Waals surface area contributed by atoms with Crippen LogP contribution < -0.4 is 0 Å². The van der Waals surface area contributed by atoms with Gasteiger partial charge in [-0.1, -0.05) is 32.9 Å². The molecule has 5 saturated heterocycles. The predicted molar refractivity (Wildman–Crippen MR) is 192 cm³/mol. The highest BCUT2D eigenvalue weighted by atomic mass is 16.8. The van der Waals surface area contributed by atoms with Crippen LogP contribution >= 0.6 is 0 Å². The molecule has 17 heteroatoms. The number of likely N-dealkylation sites (N-methyl/N-ethyl adjacent to an activating group) is 1. The van der Waals surface area contributed by atoms with Crippen molar-refractivity contribution in [3.05, 3.63) is 0 Å². The highest BCUT2D eigenvalue weighted by Gasteiger charge is 2.59. The Labute approximate surface area is 323 Å². The molecule has 0 saturated carbocycles. The first kappa shape index (κ1) is 43.3. The fraction of sp³-hybridized carbons (Fsp3) is 0.895. The molecule has 0 aromatic heterocycles. The summed E-state index contributed by atoms with van der Waals surface area (Å²) in [6.45, 7) is 17.1. The zero-order valence-electron chi connectivity index (χ0n) is 34.1. The Morgan fingerprint density at radius 3 is 2.24 bits per heavy atom. The molecular weight excluding hydrogens is 724 g/mol. The van der Waals surface area contributed by atoms with Crippen molar-refractivity contribution in [2.24, 2.45) is 28.8 Å². The largest absolute Gasteiger partial charge is 0.509 e. The maximum atomic E-state index is 14.4. The van der Waals surface area contributed by atoms with E-state index >= 15 is 0 Å². The average Bonchev–Trinajstić information content (AvgIpc) is 3.59. The summed E-state index contributed by atoms with van der Waals surface area (Å²) in [6.07, 6.45) is -10.0. The van der Waals surface area contributed by atoms with Gasteiger partial charge in [0.25, 0.3) is 0 Å². The van der Waals surface area contributed by atoms with Gasteiger partial charge in [-0.3, -0.25) is 4.79 Å². The molecule has 0 bridgehead atoms. The Kier molecular flexibility index (Phi) is 12.8. The maximum absolute atomic E-state index is 14.4. The summed E-state index contributed by atoms with van der Waals surface area (Å²) in [5.41, 5.74) is -4.11. The van der Waals surface area contributed by atoms with E-state index in [1.54, 1.807) is 69.4 Å². The van der Waals surface area contributed by atoms with E-state index in [0.29, 0.717) is 6.42 Å². The SMILES string of the molecule is CCC1OC(=O)[C@H](C)C(O[C@H]2C[C@@](C)(OC)[C@@H](O)[C@H](C)O2)[C@H](C)[C@@H](O[C@@H]2O[C@H](C)C[C@H]3[C@H]2OC(=O)N3C)[C@](C)(O)C[C@@H](C)/C(=N\O)[C@H](C)[C@H]2OC(=O)O[C@]12C. The van der Waals surface area contributed by atoms with Crippen LogP contribution in [0.4, 0.5) is 9.59 Å². The van der Waals surface area contributed by atoms with Crippen molar-refractivity contribution in [1.82, 2.24) is 4.90 Å².